The summed E-state index contributed by atoms with van der Waals surface area (Å²) in [5, 5.41) is 11.0. The summed E-state index contributed by atoms with van der Waals surface area (Å²) >= 11 is 6.07. The lowest BCUT2D eigenvalue weighted by molar-refractivity contribution is 0.0663. The summed E-state index contributed by atoms with van der Waals surface area (Å²) in [4.78, 5) is 15.8. The van der Waals surface area contributed by atoms with E-state index in [2.05, 4.69) is 15.9 Å². The number of Topliss-reactive ketones (excluding diaryl/α,β-unsaturated/α-hetero) is 1. The van der Waals surface area contributed by atoms with Crippen molar-refractivity contribution in [1.29, 1.82) is 0 Å². The van der Waals surface area contributed by atoms with Gasteiger partial charge in [-0.15, -0.1) is 24.8 Å². The van der Waals surface area contributed by atoms with Crippen molar-refractivity contribution in [2.24, 2.45) is 0 Å². The van der Waals surface area contributed by atoms with Gasteiger partial charge in [-0.1, -0.05) is 17.7 Å². The first-order valence-corrected chi connectivity index (χ1v) is 9.54. The number of hydrogen-bond acceptors (Lipinski definition) is 5. The number of ether oxygens (including phenoxy) is 1. The normalized spacial score (nSPS) is 15.1. The first kappa shape index (κ1) is 25.5. The van der Waals surface area contributed by atoms with Crippen LogP contribution in [0.25, 0.3) is 0 Å². The lowest BCUT2D eigenvalue weighted by Crippen LogP contribution is -2.49. The molecule has 2 aromatic rings. The number of piperazine rings is 1. The number of halogens is 3. The molecular formula is C21H27Cl3N2O3. The van der Waals surface area contributed by atoms with Crippen molar-refractivity contribution in [2.75, 3.05) is 44.2 Å². The highest BCUT2D eigenvalue weighted by Crippen LogP contribution is 2.21. The summed E-state index contributed by atoms with van der Waals surface area (Å²) in [6.45, 7) is 5.92. The number of β-amino-alcohol motifs (C(OH)–C–C–N with tert-alkyl or cyclic N) is 1. The van der Waals surface area contributed by atoms with Crippen LogP contribution in [0.1, 0.15) is 17.3 Å². The van der Waals surface area contributed by atoms with E-state index in [-0.39, 0.29) is 37.2 Å². The largest absolute Gasteiger partial charge is 0.491 e. The molecule has 1 fully saturated rings. The highest BCUT2D eigenvalue weighted by Gasteiger charge is 2.20. The molecule has 1 heterocycles. The number of carbonyl (C=O) groups is 1. The van der Waals surface area contributed by atoms with Gasteiger partial charge in [-0.05, 0) is 49.4 Å². The SMILES string of the molecule is CC(=O)c1ccc(OCC(O)CN2CCN(c3cccc(Cl)c3)CC2)cc1.Cl.Cl. The fourth-order valence-electron chi connectivity index (χ4n) is 3.19. The zero-order valence-electron chi connectivity index (χ0n) is 16.3. The van der Waals surface area contributed by atoms with Crippen molar-refractivity contribution < 1.29 is 14.6 Å². The molecule has 3 rings (SSSR count). The Balaban J connectivity index is 0.00000210. The number of ketones is 1. The molecule has 8 heteroatoms. The average Bonchev–Trinajstić information content (AvgIpc) is 2.67. The molecule has 0 saturated carbocycles. The standard InChI is InChI=1S/C21H25ClN2O3.2ClH/c1-16(25)17-5-7-21(8-6-17)27-15-20(26)14-23-9-11-24(12-10-23)19-4-2-3-18(22)13-19;;/h2-8,13,20,26H,9-12,14-15H2,1H3;2*1H. The van der Waals surface area contributed by atoms with E-state index in [1.807, 2.05) is 18.2 Å². The van der Waals surface area contributed by atoms with Gasteiger partial charge in [0.2, 0.25) is 0 Å². The van der Waals surface area contributed by atoms with Crippen LogP contribution in [0, 0.1) is 0 Å². The van der Waals surface area contributed by atoms with E-state index in [1.165, 1.54) is 6.92 Å². The summed E-state index contributed by atoms with van der Waals surface area (Å²) in [7, 11) is 0. The van der Waals surface area contributed by atoms with Crippen LogP contribution in [0.4, 0.5) is 5.69 Å². The predicted molar refractivity (Wildman–Crippen MR) is 123 cm³/mol. The number of aliphatic hydroxyl groups is 1. The van der Waals surface area contributed by atoms with Crippen molar-refractivity contribution in [1.82, 2.24) is 4.90 Å². The van der Waals surface area contributed by atoms with E-state index in [0.717, 1.165) is 36.9 Å². The lowest BCUT2D eigenvalue weighted by Gasteiger charge is -2.36. The Labute approximate surface area is 189 Å². The van der Waals surface area contributed by atoms with Gasteiger partial charge in [-0.25, -0.2) is 0 Å². The molecule has 1 unspecified atom stereocenters. The van der Waals surface area contributed by atoms with Crippen LogP contribution in [0.5, 0.6) is 5.75 Å². The molecule has 2 aromatic carbocycles. The first-order valence-electron chi connectivity index (χ1n) is 9.16. The van der Waals surface area contributed by atoms with Gasteiger partial charge in [0.05, 0.1) is 0 Å². The average molecular weight is 462 g/mol. The molecule has 5 nitrogen and oxygen atoms in total. The van der Waals surface area contributed by atoms with E-state index in [4.69, 9.17) is 16.3 Å². The minimum atomic E-state index is -0.560. The molecule has 0 spiro atoms. The van der Waals surface area contributed by atoms with Crippen molar-refractivity contribution in [3.8, 4) is 5.75 Å². The number of carbonyl (C=O) groups excluding carboxylic acids is 1. The minimum Gasteiger partial charge on any atom is -0.491 e. The Morgan fingerprint density at radius 2 is 1.76 bits per heavy atom. The summed E-state index contributed by atoms with van der Waals surface area (Å²) < 4.78 is 5.63. The highest BCUT2D eigenvalue weighted by molar-refractivity contribution is 6.30. The molecule has 0 radical (unpaired) electrons. The Kier molecular flexibility index (Phi) is 10.8. The summed E-state index contributed by atoms with van der Waals surface area (Å²) in [6.07, 6.45) is -0.560. The van der Waals surface area contributed by atoms with Gasteiger partial charge in [-0.2, -0.15) is 0 Å². The molecule has 0 aliphatic carbocycles. The minimum absolute atomic E-state index is 0. The first-order chi connectivity index (χ1) is 13.0. The molecule has 1 N–H and O–H groups in total. The Hall–Kier alpha value is -1.50. The third-order valence-electron chi connectivity index (χ3n) is 4.72. The number of hydrogen-bond donors (Lipinski definition) is 1. The zero-order valence-corrected chi connectivity index (χ0v) is 18.7. The Morgan fingerprint density at radius 1 is 1.10 bits per heavy atom. The van der Waals surface area contributed by atoms with E-state index >= 15 is 0 Å². The van der Waals surface area contributed by atoms with Crippen LogP contribution in [-0.4, -0.2) is 61.2 Å². The van der Waals surface area contributed by atoms with E-state index in [9.17, 15) is 9.90 Å². The van der Waals surface area contributed by atoms with Crippen LogP contribution in [0.15, 0.2) is 48.5 Å². The van der Waals surface area contributed by atoms with Gasteiger partial charge in [0.1, 0.15) is 18.5 Å². The van der Waals surface area contributed by atoms with Gasteiger partial charge in [-0.3, -0.25) is 9.69 Å². The second-order valence-corrected chi connectivity index (χ2v) is 7.25. The molecule has 1 aliphatic rings. The van der Waals surface area contributed by atoms with Gasteiger partial charge in [0.15, 0.2) is 5.78 Å². The molecule has 29 heavy (non-hydrogen) atoms. The number of aliphatic hydroxyl groups excluding tert-OH is 1. The second kappa shape index (κ2) is 12.3. The van der Waals surface area contributed by atoms with Crippen molar-refractivity contribution >= 4 is 47.9 Å². The van der Waals surface area contributed by atoms with Gasteiger partial charge >= 0.3 is 0 Å². The fourth-order valence-corrected chi connectivity index (χ4v) is 3.38. The summed E-state index contributed by atoms with van der Waals surface area (Å²) in [6, 6.07) is 14.9. The molecule has 1 atom stereocenters. The molecule has 1 aliphatic heterocycles. The predicted octanol–water partition coefficient (Wildman–Crippen LogP) is 3.95. The van der Waals surface area contributed by atoms with Crippen LogP contribution >= 0.6 is 36.4 Å². The van der Waals surface area contributed by atoms with Gasteiger partial charge in [0, 0.05) is 49.0 Å². The Morgan fingerprint density at radius 3 is 2.34 bits per heavy atom. The maximum absolute atomic E-state index is 11.3. The fraction of sp³-hybridized carbons (Fsp3) is 0.381. The maximum Gasteiger partial charge on any atom is 0.159 e. The monoisotopic (exact) mass is 460 g/mol. The van der Waals surface area contributed by atoms with Crippen molar-refractivity contribution in [2.45, 2.75) is 13.0 Å². The number of rotatable bonds is 7. The Bertz CT molecular complexity index is 766. The number of nitrogens with zero attached hydrogens (tertiary/aromatic N) is 2. The molecular weight excluding hydrogens is 435 g/mol. The molecule has 0 bridgehead atoms. The number of anilines is 1. The topological polar surface area (TPSA) is 53.0 Å². The smallest absolute Gasteiger partial charge is 0.159 e. The van der Waals surface area contributed by atoms with E-state index < -0.39 is 6.10 Å². The van der Waals surface area contributed by atoms with Gasteiger partial charge in [0.25, 0.3) is 0 Å². The third kappa shape index (κ3) is 7.68. The quantitative estimate of drug-likeness (QED) is 0.633. The van der Waals surface area contributed by atoms with Crippen LogP contribution in [0.3, 0.4) is 0 Å². The summed E-state index contributed by atoms with van der Waals surface area (Å²) in [5.41, 5.74) is 1.79. The lowest BCUT2D eigenvalue weighted by atomic mass is 10.1. The van der Waals surface area contributed by atoms with Crippen molar-refractivity contribution in [3.05, 3.63) is 59.1 Å². The third-order valence-corrected chi connectivity index (χ3v) is 4.95. The molecule has 0 amide bonds. The van der Waals surface area contributed by atoms with Crippen molar-refractivity contribution in [3.63, 3.8) is 0 Å². The second-order valence-electron chi connectivity index (χ2n) is 6.81. The molecule has 1 saturated heterocycles. The van der Waals surface area contributed by atoms with E-state index in [1.54, 1.807) is 24.3 Å². The van der Waals surface area contributed by atoms with Crippen LogP contribution in [0.2, 0.25) is 5.02 Å². The number of benzene rings is 2. The zero-order chi connectivity index (χ0) is 19.2. The molecule has 160 valence electrons. The van der Waals surface area contributed by atoms with E-state index in [0.29, 0.717) is 17.9 Å². The maximum atomic E-state index is 11.3. The van der Waals surface area contributed by atoms with Gasteiger partial charge < -0.3 is 14.7 Å². The highest BCUT2D eigenvalue weighted by atomic mass is 35.5. The molecule has 0 aromatic heterocycles. The van der Waals surface area contributed by atoms with Crippen LogP contribution < -0.4 is 9.64 Å². The van der Waals surface area contributed by atoms with Crippen LogP contribution in [-0.2, 0) is 0 Å². The summed E-state index contributed by atoms with van der Waals surface area (Å²) in [5.74, 6) is 0.684.